The maximum atomic E-state index is 11.5. The number of hydrogen-bond acceptors (Lipinski definition) is 3. The second-order valence-corrected chi connectivity index (χ2v) is 6.35. The molecule has 0 unspecified atom stereocenters. The number of nitrogens with one attached hydrogen (secondary N) is 1. The van der Waals surface area contributed by atoms with Crippen LogP contribution in [0.1, 0.15) is 0 Å². The van der Waals surface area contributed by atoms with Crippen molar-refractivity contribution < 1.29 is 4.79 Å². The number of aromatic nitrogens is 2. The van der Waals surface area contributed by atoms with Crippen molar-refractivity contribution in [1.29, 1.82) is 0 Å². The maximum Gasteiger partial charge on any atom is 0.232 e. The monoisotopic (exact) mass is 404 g/mol. The molecule has 7 heteroatoms. The number of benzene rings is 2. The molecule has 1 aromatic heterocycles. The molecule has 0 bridgehead atoms. The van der Waals surface area contributed by atoms with E-state index in [4.69, 9.17) is 11.6 Å². The topological polar surface area (TPSA) is 50.2 Å². The van der Waals surface area contributed by atoms with Gasteiger partial charge in [-0.2, -0.15) is 5.10 Å². The Kier molecular flexibility index (Phi) is 4.87. The van der Waals surface area contributed by atoms with Crippen molar-refractivity contribution in [3.63, 3.8) is 0 Å². The van der Waals surface area contributed by atoms with Gasteiger partial charge in [0.05, 0.1) is 32.8 Å². The molecule has 0 aliphatic heterocycles. The van der Waals surface area contributed by atoms with Crippen LogP contribution in [0.4, 0.5) is 11.4 Å². The normalized spacial score (nSPS) is 10.5. The Morgan fingerprint density at radius 1 is 1.25 bits per heavy atom. The number of carbonyl (C=O) groups excluding carboxylic acids is 1. The van der Waals surface area contributed by atoms with Crippen molar-refractivity contribution >= 4 is 45.3 Å². The zero-order chi connectivity index (χ0) is 17.1. The second-order valence-electron chi connectivity index (χ2n) is 5.08. The Morgan fingerprint density at radius 3 is 2.71 bits per heavy atom. The zero-order valence-electron chi connectivity index (χ0n) is 12.8. The van der Waals surface area contributed by atoms with E-state index >= 15 is 0 Å². The molecule has 1 heterocycles. The standard InChI is InChI=1S/C17H14BrClN4O/c1-22-17(14(18)10-20-22)12-5-4-6-13(9-12)21-23(11-24)16-8-3-2-7-15(16)19/h2-11,21H,1H3. The lowest BCUT2D eigenvalue weighted by Crippen LogP contribution is -2.28. The molecule has 0 radical (unpaired) electrons. The van der Waals surface area contributed by atoms with Gasteiger partial charge in [-0.1, -0.05) is 35.9 Å². The number of anilines is 2. The average molecular weight is 406 g/mol. The van der Waals surface area contributed by atoms with E-state index in [1.54, 1.807) is 23.0 Å². The maximum absolute atomic E-state index is 11.5. The van der Waals surface area contributed by atoms with Gasteiger partial charge in [0.25, 0.3) is 0 Å². The van der Waals surface area contributed by atoms with Crippen LogP contribution in [0.25, 0.3) is 11.3 Å². The summed E-state index contributed by atoms with van der Waals surface area (Å²) in [5.41, 5.74) is 6.33. The number of halogens is 2. The summed E-state index contributed by atoms with van der Waals surface area (Å²) in [4.78, 5) is 11.5. The summed E-state index contributed by atoms with van der Waals surface area (Å²) in [5, 5.41) is 6.06. The number of amides is 1. The van der Waals surface area contributed by atoms with Gasteiger partial charge in [0.2, 0.25) is 6.41 Å². The van der Waals surface area contributed by atoms with Gasteiger partial charge in [-0.05, 0) is 40.2 Å². The molecule has 5 nitrogen and oxygen atoms in total. The van der Waals surface area contributed by atoms with Crippen molar-refractivity contribution in [3.8, 4) is 11.3 Å². The zero-order valence-corrected chi connectivity index (χ0v) is 15.1. The van der Waals surface area contributed by atoms with E-state index in [9.17, 15) is 4.79 Å². The van der Waals surface area contributed by atoms with E-state index in [2.05, 4.69) is 26.5 Å². The SMILES string of the molecule is Cn1ncc(Br)c1-c1cccc(NN(C=O)c2ccccc2Cl)c1. The number of carbonyl (C=O) groups is 1. The molecule has 1 amide bonds. The Hall–Kier alpha value is -2.31. The van der Waals surface area contributed by atoms with Gasteiger partial charge in [0, 0.05) is 12.6 Å². The molecule has 0 fully saturated rings. The van der Waals surface area contributed by atoms with Crippen LogP contribution in [-0.2, 0) is 11.8 Å². The Balaban J connectivity index is 1.92. The number of rotatable bonds is 5. The van der Waals surface area contributed by atoms with Crippen molar-refractivity contribution in [2.75, 3.05) is 10.4 Å². The summed E-state index contributed by atoms with van der Waals surface area (Å²) in [7, 11) is 1.88. The average Bonchev–Trinajstić information content (AvgIpc) is 2.92. The molecule has 0 aliphatic rings. The number of para-hydroxylation sites is 1. The Morgan fingerprint density at radius 2 is 2.04 bits per heavy atom. The molecule has 122 valence electrons. The highest BCUT2D eigenvalue weighted by Crippen LogP contribution is 2.30. The molecule has 0 atom stereocenters. The molecule has 3 rings (SSSR count). The van der Waals surface area contributed by atoms with Crippen molar-refractivity contribution in [2.24, 2.45) is 7.05 Å². The van der Waals surface area contributed by atoms with Gasteiger partial charge < -0.3 is 0 Å². The van der Waals surface area contributed by atoms with Crippen LogP contribution in [0, 0.1) is 0 Å². The quantitative estimate of drug-likeness (QED) is 0.502. The third kappa shape index (κ3) is 3.29. The molecule has 0 spiro atoms. The van der Waals surface area contributed by atoms with E-state index in [1.165, 1.54) is 5.01 Å². The highest BCUT2D eigenvalue weighted by Gasteiger charge is 2.12. The predicted octanol–water partition coefficient (Wildman–Crippen LogP) is 4.49. The fourth-order valence-corrected chi connectivity index (χ4v) is 3.20. The lowest BCUT2D eigenvalue weighted by atomic mass is 10.1. The van der Waals surface area contributed by atoms with Crippen LogP contribution in [0.2, 0.25) is 5.02 Å². The van der Waals surface area contributed by atoms with Crippen LogP contribution >= 0.6 is 27.5 Å². The van der Waals surface area contributed by atoms with Gasteiger partial charge in [-0.25, -0.2) is 5.01 Å². The van der Waals surface area contributed by atoms with Crippen LogP contribution in [0.3, 0.4) is 0 Å². The van der Waals surface area contributed by atoms with Gasteiger partial charge >= 0.3 is 0 Å². The minimum absolute atomic E-state index is 0.489. The molecule has 2 aromatic carbocycles. The fraction of sp³-hybridized carbons (Fsp3) is 0.0588. The van der Waals surface area contributed by atoms with Gasteiger partial charge in [0.15, 0.2) is 0 Å². The molecule has 1 N–H and O–H groups in total. The van der Waals surface area contributed by atoms with Crippen molar-refractivity contribution in [2.45, 2.75) is 0 Å². The minimum atomic E-state index is 0.489. The summed E-state index contributed by atoms with van der Waals surface area (Å²) in [6.07, 6.45) is 2.44. The highest BCUT2D eigenvalue weighted by atomic mass is 79.9. The Bertz CT molecular complexity index is 861. The summed E-state index contributed by atoms with van der Waals surface area (Å²) in [6, 6.07) is 14.8. The van der Waals surface area contributed by atoms with Crippen LogP contribution in [-0.4, -0.2) is 16.2 Å². The van der Waals surface area contributed by atoms with Gasteiger partial charge in [0.1, 0.15) is 0 Å². The smallest absolute Gasteiger partial charge is 0.232 e. The summed E-state index contributed by atoms with van der Waals surface area (Å²) < 4.78 is 2.69. The predicted molar refractivity (Wildman–Crippen MR) is 100.0 cm³/mol. The first-order chi connectivity index (χ1) is 11.6. The van der Waals surface area contributed by atoms with E-state index in [-0.39, 0.29) is 0 Å². The molecule has 24 heavy (non-hydrogen) atoms. The Labute approximate surface area is 152 Å². The first-order valence-corrected chi connectivity index (χ1v) is 8.31. The first kappa shape index (κ1) is 16.5. The lowest BCUT2D eigenvalue weighted by molar-refractivity contribution is -0.107. The summed E-state index contributed by atoms with van der Waals surface area (Å²) in [6.45, 7) is 0. The molecular formula is C17H14BrClN4O. The third-order valence-electron chi connectivity index (χ3n) is 3.50. The molecule has 3 aromatic rings. The second kappa shape index (κ2) is 7.07. The molecule has 0 saturated heterocycles. The van der Waals surface area contributed by atoms with Crippen molar-refractivity contribution in [1.82, 2.24) is 9.78 Å². The summed E-state index contributed by atoms with van der Waals surface area (Å²) in [5.74, 6) is 0. The first-order valence-electron chi connectivity index (χ1n) is 7.14. The van der Waals surface area contributed by atoms with E-state index in [0.29, 0.717) is 17.1 Å². The molecule has 0 aliphatic carbocycles. The molecule has 0 saturated carbocycles. The van der Waals surface area contributed by atoms with Crippen LogP contribution in [0.5, 0.6) is 0 Å². The van der Waals surface area contributed by atoms with Gasteiger partial charge in [-0.15, -0.1) is 0 Å². The van der Waals surface area contributed by atoms with Crippen LogP contribution in [0.15, 0.2) is 59.2 Å². The number of hydrazine groups is 1. The van der Waals surface area contributed by atoms with E-state index in [0.717, 1.165) is 21.4 Å². The minimum Gasteiger partial charge on any atom is -0.292 e. The fourth-order valence-electron chi connectivity index (χ4n) is 2.40. The van der Waals surface area contributed by atoms with E-state index in [1.807, 2.05) is 43.4 Å². The van der Waals surface area contributed by atoms with Crippen LogP contribution < -0.4 is 10.4 Å². The van der Waals surface area contributed by atoms with Gasteiger partial charge in [-0.3, -0.25) is 14.9 Å². The third-order valence-corrected chi connectivity index (χ3v) is 4.40. The summed E-state index contributed by atoms with van der Waals surface area (Å²) >= 11 is 9.66. The molecular weight excluding hydrogens is 392 g/mol. The lowest BCUT2D eigenvalue weighted by Gasteiger charge is -2.21. The highest BCUT2D eigenvalue weighted by molar-refractivity contribution is 9.10. The van der Waals surface area contributed by atoms with Crippen molar-refractivity contribution in [3.05, 3.63) is 64.2 Å². The number of aryl methyl sites for hydroxylation is 1. The van der Waals surface area contributed by atoms with E-state index < -0.39 is 0 Å². The largest absolute Gasteiger partial charge is 0.292 e. The number of hydrogen-bond donors (Lipinski definition) is 1. The number of nitrogens with zero attached hydrogens (tertiary/aromatic N) is 3.